The molecule has 2 heterocycles. The van der Waals surface area contributed by atoms with Crippen LogP contribution in [0.5, 0.6) is 0 Å². The number of rotatable bonds is 4. The SMILES string of the molecule is Cn1ncc(C(=O)O)c1Cn1cnc([N+](=O)[O-])c1. The molecule has 18 heavy (non-hydrogen) atoms. The Hall–Kier alpha value is -2.71. The smallest absolute Gasteiger partial charge is 0.381 e. The van der Waals surface area contributed by atoms with E-state index in [1.807, 2.05) is 0 Å². The van der Waals surface area contributed by atoms with Crippen molar-refractivity contribution < 1.29 is 14.8 Å². The molecule has 9 nitrogen and oxygen atoms in total. The second-order valence-corrected chi connectivity index (χ2v) is 3.60. The second kappa shape index (κ2) is 4.28. The summed E-state index contributed by atoms with van der Waals surface area (Å²) in [5, 5.41) is 23.3. The molecule has 0 aromatic carbocycles. The minimum Gasteiger partial charge on any atom is -0.478 e. The van der Waals surface area contributed by atoms with Crippen molar-refractivity contribution in [3.63, 3.8) is 0 Å². The Bertz CT molecular complexity index is 614. The first-order valence-corrected chi connectivity index (χ1v) is 4.89. The first kappa shape index (κ1) is 11.8. The summed E-state index contributed by atoms with van der Waals surface area (Å²) in [5.74, 6) is -1.37. The second-order valence-electron chi connectivity index (χ2n) is 3.60. The van der Waals surface area contributed by atoms with Gasteiger partial charge >= 0.3 is 11.8 Å². The predicted molar refractivity (Wildman–Crippen MR) is 58.2 cm³/mol. The molecule has 0 aliphatic heterocycles. The van der Waals surface area contributed by atoms with Crippen molar-refractivity contribution in [2.45, 2.75) is 6.54 Å². The summed E-state index contributed by atoms with van der Waals surface area (Å²) in [5.41, 5.74) is 0.503. The van der Waals surface area contributed by atoms with E-state index in [-0.39, 0.29) is 17.9 Å². The number of aromatic nitrogens is 4. The fourth-order valence-electron chi connectivity index (χ4n) is 1.53. The number of aryl methyl sites for hydroxylation is 1. The molecule has 0 aliphatic carbocycles. The van der Waals surface area contributed by atoms with Gasteiger partial charge in [0.15, 0.2) is 0 Å². The van der Waals surface area contributed by atoms with Crippen LogP contribution >= 0.6 is 0 Å². The molecule has 0 saturated heterocycles. The normalized spacial score (nSPS) is 10.5. The highest BCUT2D eigenvalue weighted by atomic mass is 16.6. The molecule has 94 valence electrons. The maximum absolute atomic E-state index is 11.0. The highest BCUT2D eigenvalue weighted by Gasteiger charge is 2.17. The lowest BCUT2D eigenvalue weighted by Gasteiger charge is -2.03. The van der Waals surface area contributed by atoms with E-state index in [4.69, 9.17) is 5.11 Å². The molecule has 0 fully saturated rings. The quantitative estimate of drug-likeness (QED) is 0.615. The van der Waals surface area contributed by atoms with Crippen molar-refractivity contribution in [1.82, 2.24) is 19.3 Å². The van der Waals surface area contributed by atoms with Gasteiger partial charge in [0.1, 0.15) is 11.8 Å². The van der Waals surface area contributed by atoms with Crippen LogP contribution in [0.1, 0.15) is 16.1 Å². The van der Waals surface area contributed by atoms with E-state index in [9.17, 15) is 14.9 Å². The van der Waals surface area contributed by atoms with Gasteiger partial charge in [0.05, 0.1) is 18.4 Å². The van der Waals surface area contributed by atoms with Gasteiger partial charge in [-0.15, -0.1) is 0 Å². The number of nitro groups is 1. The topological polar surface area (TPSA) is 116 Å². The number of nitrogens with zero attached hydrogens (tertiary/aromatic N) is 5. The number of aromatic carboxylic acids is 1. The molecule has 2 aromatic rings. The summed E-state index contributed by atoms with van der Waals surface area (Å²) in [6.07, 6.45) is 3.75. The van der Waals surface area contributed by atoms with E-state index in [1.54, 1.807) is 7.05 Å². The average molecular weight is 251 g/mol. The lowest BCUT2D eigenvalue weighted by Crippen LogP contribution is -2.09. The average Bonchev–Trinajstić information content (AvgIpc) is 2.88. The Morgan fingerprint density at radius 1 is 1.61 bits per heavy atom. The zero-order valence-electron chi connectivity index (χ0n) is 9.35. The minimum absolute atomic E-state index is 0.0638. The molecule has 2 rings (SSSR count). The van der Waals surface area contributed by atoms with Crippen LogP contribution in [0.4, 0.5) is 5.82 Å². The van der Waals surface area contributed by atoms with E-state index in [0.717, 1.165) is 0 Å². The lowest BCUT2D eigenvalue weighted by molar-refractivity contribution is -0.389. The molecule has 0 unspecified atom stereocenters. The predicted octanol–water partition coefficient (Wildman–Crippen LogP) is 0.271. The van der Waals surface area contributed by atoms with Crippen molar-refractivity contribution >= 4 is 11.8 Å². The van der Waals surface area contributed by atoms with E-state index < -0.39 is 10.9 Å². The van der Waals surface area contributed by atoms with E-state index in [1.165, 1.54) is 28.0 Å². The first-order valence-electron chi connectivity index (χ1n) is 4.89. The van der Waals surface area contributed by atoms with Crippen LogP contribution in [-0.4, -0.2) is 35.3 Å². The maximum Gasteiger partial charge on any atom is 0.381 e. The molecule has 0 bridgehead atoms. The van der Waals surface area contributed by atoms with Gasteiger partial charge in [-0.25, -0.2) is 4.79 Å². The van der Waals surface area contributed by atoms with Crippen LogP contribution in [0.2, 0.25) is 0 Å². The molecule has 0 spiro atoms. The molecule has 0 aliphatic rings. The Kier molecular flexibility index (Phi) is 2.80. The monoisotopic (exact) mass is 251 g/mol. The molecule has 2 aromatic heterocycles. The lowest BCUT2D eigenvalue weighted by atomic mass is 10.2. The molecule has 0 atom stereocenters. The molecular formula is C9H9N5O4. The minimum atomic E-state index is -1.09. The number of carbonyl (C=O) groups is 1. The summed E-state index contributed by atoms with van der Waals surface area (Å²) >= 11 is 0. The van der Waals surface area contributed by atoms with Gasteiger partial charge in [-0.3, -0.25) is 4.68 Å². The first-order chi connectivity index (χ1) is 8.49. The van der Waals surface area contributed by atoms with E-state index >= 15 is 0 Å². The van der Waals surface area contributed by atoms with Crippen LogP contribution in [0.3, 0.4) is 0 Å². The number of carboxylic acid groups (broad SMARTS) is 1. The Morgan fingerprint density at radius 3 is 2.89 bits per heavy atom. The largest absolute Gasteiger partial charge is 0.478 e. The van der Waals surface area contributed by atoms with Crippen LogP contribution in [0.15, 0.2) is 18.7 Å². The number of hydrogen-bond donors (Lipinski definition) is 1. The standard InChI is InChI=1S/C9H9N5O4/c1-12-7(6(2-11-12)9(15)16)3-13-4-8(10-5-13)14(17)18/h2,4-5H,3H2,1H3,(H,15,16). The maximum atomic E-state index is 11.0. The van der Waals surface area contributed by atoms with Crippen LogP contribution in [0.25, 0.3) is 0 Å². The van der Waals surface area contributed by atoms with Crippen molar-refractivity contribution in [3.05, 3.63) is 40.1 Å². The molecule has 0 radical (unpaired) electrons. The van der Waals surface area contributed by atoms with Gasteiger partial charge in [0.2, 0.25) is 6.33 Å². The van der Waals surface area contributed by atoms with Crippen LogP contribution in [-0.2, 0) is 13.6 Å². The van der Waals surface area contributed by atoms with Gasteiger partial charge < -0.3 is 19.8 Å². The Labute approximate surface area is 100 Å². The number of imidazole rings is 1. The van der Waals surface area contributed by atoms with Gasteiger partial charge in [-0.05, 0) is 9.91 Å². The molecular weight excluding hydrogens is 242 g/mol. The molecule has 0 saturated carbocycles. The van der Waals surface area contributed by atoms with Gasteiger partial charge in [-0.2, -0.15) is 5.10 Å². The van der Waals surface area contributed by atoms with Crippen LogP contribution in [0, 0.1) is 10.1 Å². The van der Waals surface area contributed by atoms with E-state index in [0.29, 0.717) is 5.69 Å². The third kappa shape index (κ3) is 2.05. The summed E-state index contributed by atoms with van der Waals surface area (Å²) in [6, 6.07) is 0. The zero-order chi connectivity index (χ0) is 13.3. The van der Waals surface area contributed by atoms with Gasteiger partial charge in [0.25, 0.3) is 0 Å². The van der Waals surface area contributed by atoms with Gasteiger partial charge in [0, 0.05) is 7.05 Å². The molecule has 0 amide bonds. The van der Waals surface area contributed by atoms with E-state index in [2.05, 4.69) is 10.1 Å². The molecule has 1 N–H and O–H groups in total. The number of hydrogen-bond acceptors (Lipinski definition) is 5. The number of carboxylic acids is 1. The third-order valence-electron chi connectivity index (χ3n) is 2.43. The zero-order valence-corrected chi connectivity index (χ0v) is 9.35. The summed E-state index contributed by atoms with van der Waals surface area (Å²) in [6.45, 7) is 0.152. The Morgan fingerprint density at radius 2 is 2.33 bits per heavy atom. The van der Waals surface area contributed by atoms with Crippen molar-refractivity contribution in [2.24, 2.45) is 7.05 Å². The highest BCUT2D eigenvalue weighted by molar-refractivity contribution is 5.88. The summed E-state index contributed by atoms with van der Waals surface area (Å²) < 4.78 is 2.84. The fourth-order valence-corrected chi connectivity index (χ4v) is 1.53. The van der Waals surface area contributed by atoms with Crippen molar-refractivity contribution in [3.8, 4) is 0 Å². The van der Waals surface area contributed by atoms with Crippen molar-refractivity contribution in [2.75, 3.05) is 0 Å². The van der Waals surface area contributed by atoms with Crippen molar-refractivity contribution in [1.29, 1.82) is 0 Å². The Balaban J connectivity index is 2.30. The van der Waals surface area contributed by atoms with Gasteiger partial charge in [-0.1, -0.05) is 0 Å². The third-order valence-corrected chi connectivity index (χ3v) is 2.43. The fraction of sp³-hybridized carbons (Fsp3) is 0.222. The van der Waals surface area contributed by atoms with Crippen LogP contribution < -0.4 is 0 Å². The molecule has 9 heteroatoms. The highest BCUT2D eigenvalue weighted by Crippen LogP contribution is 2.12. The summed E-state index contributed by atoms with van der Waals surface area (Å²) in [4.78, 5) is 24.4. The summed E-state index contributed by atoms with van der Waals surface area (Å²) in [7, 11) is 1.60.